The molecule has 0 aliphatic carbocycles. The number of nitrogens with two attached hydrogens (primary N) is 4. The molecule has 19 amide bonds. The minimum atomic E-state index is -2.10. The normalized spacial score (nSPS) is 15.9. The molecule has 1 aliphatic heterocycles. The third-order valence-corrected chi connectivity index (χ3v) is 21.4. The van der Waals surface area contributed by atoms with Gasteiger partial charge in [-0.05, 0) is 107 Å². The van der Waals surface area contributed by atoms with Gasteiger partial charge in [-0.2, -0.15) is 11.8 Å². The molecule has 53 nitrogen and oxygen atoms in total. The zero-order valence-electron chi connectivity index (χ0n) is 75.7. The van der Waals surface area contributed by atoms with Gasteiger partial charge in [0, 0.05) is 56.0 Å². The first-order chi connectivity index (χ1) is 63.2. The van der Waals surface area contributed by atoms with Gasteiger partial charge in [-0.1, -0.05) is 48.0 Å². The van der Waals surface area contributed by atoms with E-state index < -0.39 is 311 Å². The molecule has 0 unspecified atom stereocenters. The third kappa shape index (κ3) is 41.4. The van der Waals surface area contributed by atoms with Crippen molar-refractivity contribution in [3.63, 3.8) is 0 Å². The lowest BCUT2D eigenvalue weighted by Gasteiger charge is -2.31. The van der Waals surface area contributed by atoms with Crippen LogP contribution in [0.2, 0.25) is 0 Å². The van der Waals surface area contributed by atoms with E-state index in [-0.39, 0.29) is 88.4 Å². The van der Waals surface area contributed by atoms with E-state index in [9.17, 15) is 136 Å². The number of unbranched alkanes of at least 4 members (excludes halogenated alkanes) is 1. The van der Waals surface area contributed by atoms with E-state index in [2.05, 4.69) is 105 Å². The Bertz CT molecular complexity index is 4340. The van der Waals surface area contributed by atoms with Crippen LogP contribution in [-0.4, -0.2) is 340 Å². The highest BCUT2D eigenvalue weighted by Gasteiger charge is 2.43. The number of aliphatic carboxylic acids is 3. The van der Waals surface area contributed by atoms with Crippen LogP contribution >= 0.6 is 11.8 Å². The highest BCUT2D eigenvalue weighted by Crippen LogP contribution is 2.22. The number of nitrogens with zero attached hydrogens (tertiary/aromatic N) is 3. The number of aliphatic hydroxyl groups excluding tert-OH is 3. The van der Waals surface area contributed by atoms with Gasteiger partial charge in [-0.25, -0.2) is 14.8 Å². The molecular formula is C80H129N25O28S. The maximum Gasteiger partial charge on any atom is 0.326 e. The number of hydrogen-bond acceptors (Lipinski definition) is 30. The number of primary amides is 2. The lowest BCUT2D eigenvalue weighted by Crippen LogP contribution is -2.62. The van der Waals surface area contributed by atoms with Gasteiger partial charge in [-0.3, -0.25) is 101 Å². The molecule has 0 bridgehead atoms. The standard InChI is InChI=1S/C80H129N25O28S/c1-9-40(6)64(104-65(117)41(7)91-68(120)47(16-18-63(115)116)95-69(121)45(13-10-11-20-81)94-70(122)46(15-17-62(113)114)92-60(111)32-88-67(119)54(33-106)93-61(112)31-87-66(118)44(82)19-22-134-8)78(130)99-51(28-59(84)110)74(126)97-50(27-58(83)109)73(125)96-48(25-42-29-85-36-89-42)72(124)102-56(35-108)76(128)103-55(34-107)75(127)100-52(23-38(2)3)79(131)105-21-12-14-57(105)77(129)98-49(26-43-30-86-37-90-43)71(123)101-53(80(132)133)24-39(4)5/h29-30,36-41,44-57,64,106-108H,9-28,31-35,81-82H2,1-8H3,(H2,83,109)(H2,84,110)(H,85,89)(H,86,90)(H,87,118)(H,88,119)(H,91,120)(H,92,111)(H,93,112)(H,94,122)(H,95,121)(H,96,125)(H,97,126)(H,98,129)(H,99,130)(H,100,127)(H,101,123)(H,102,124)(H,103,128)(H,104,117)(H,113,114)(H,115,116)(H,132,133)/t40-,41-,44-,45-,46-,47-,48-,49-,50-,51-,52-,53-,54-,55-,56-,57-,64-/m0/s1. The molecule has 1 aliphatic rings. The second-order valence-corrected chi connectivity index (χ2v) is 33.6. The lowest BCUT2D eigenvalue weighted by atomic mass is 9.97. The zero-order valence-corrected chi connectivity index (χ0v) is 76.5. The monoisotopic (exact) mass is 1920 g/mol. The number of amides is 19. The van der Waals surface area contributed by atoms with Crippen molar-refractivity contribution in [3.8, 4) is 0 Å². The molecule has 0 saturated carbocycles. The number of aliphatic hydroxyl groups is 3. The van der Waals surface area contributed by atoms with Crippen LogP contribution in [0.3, 0.4) is 0 Å². The number of carboxylic acid groups (broad SMARTS) is 3. The Morgan fingerprint density at radius 2 is 0.858 bits per heavy atom. The predicted octanol–water partition coefficient (Wildman–Crippen LogP) is -11.2. The van der Waals surface area contributed by atoms with E-state index in [0.29, 0.717) is 17.9 Å². The highest BCUT2D eigenvalue weighted by molar-refractivity contribution is 7.98. The predicted molar refractivity (Wildman–Crippen MR) is 471 cm³/mol. The number of nitrogens with one attached hydrogen (secondary N) is 18. The molecule has 134 heavy (non-hydrogen) atoms. The van der Waals surface area contributed by atoms with Crippen molar-refractivity contribution < 1.29 is 136 Å². The summed E-state index contributed by atoms with van der Waals surface area (Å²) in [5.74, 6) is -26.4. The number of carbonyl (C=O) groups is 22. The molecular weight excluding hydrogens is 1790 g/mol. The Labute approximate surface area is 774 Å². The number of aromatic amines is 2. The van der Waals surface area contributed by atoms with E-state index in [4.69, 9.17) is 22.9 Å². The fraction of sp³-hybridized carbons (Fsp3) is 0.650. The van der Waals surface area contributed by atoms with Crippen molar-refractivity contribution in [2.45, 2.75) is 254 Å². The molecule has 0 aromatic carbocycles. The second kappa shape index (κ2) is 59.4. The molecule has 54 heteroatoms. The van der Waals surface area contributed by atoms with Crippen LogP contribution in [0.1, 0.15) is 156 Å². The molecule has 748 valence electrons. The van der Waals surface area contributed by atoms with Gasteiger partial charge in [0.1, 0.15) is 90.6 Å². The van der Waals surface area contributed by atoms with Crippen LogP contribution in [-0.2, 0) is 118 Å². The van der Waals surface area contributed by atoms with E-state index in [1.54, 1.807) is 40.9 Å². The topological polar surface area (TPSA) is 854 Å². The summed E-state index contributed by atoms with van der Waals surface area (Å²) in [4.78, 5) is 311. The average Bonchev–Trinajstić information content (AvgIpc) is 1.66. The van der Waals surface area contributed by atoms with Gasteiger partial charge in [0.05, 0.1) is 64.4 Å². The van der Waals surface area contributed by atoms with Crippen molar-refractivity contribution in [2.24, 2.45) is 40.7 Å². The third-order valence-electron chi connectivity index (χ3n) is 20.8. The van der Waals surface area contributed by atoms with Crippen LogP contribution in [0.5, 0.6) is 0 Å². The van der Waals surface area contributed by atoms with E-state index in [1.165, 1.54) is 48.6 Å². The van der Waals surface area contributed by atoms with Gasteiger partial charge in [0.25, 0.3) is 0 Å². The van der Waals surface area contributed by atoms with Crippen LogP contribution in [0, 0.1) is 17.8 Å². The first kappa shape index (κ1) is 115. The first-order valence-corrected chi connectivity index (χ1v) is 44.6. The summed E-state index contributed by atoms with van der Waals surface area (Å²) in [6.07, 6.45) is 1.96. The Balaban J connectivity index is 1.83. The quantitative estimate of drug-likeness (QED) is 0.0274. The Hall–Kier alpha value is -13.1. The molecule has 0 radical (unpaired) electrons. The fourth-order valence-corrected chi connectivity index (χ4v) is 13.8. The van der Waals surface area contributed by atoms with E-state index in [0.717, 1.165) is 6.92 Å². The van der Waals surface area contributed by atoms with Crippen LogP contribution in [0.4, 0.5) is 0 Å². The van der Waals surface area contributed by atoms with Gasteiger partial charge in [-0.15, -0.1) is 0 Å². The molecule has 17 atom stereocenters. The molecule has 2 aromatic rings. The van der Waals surface area contributed by atoms with Gasteiger partial charge < -0.3 is 154 Å². The number of carboxylic acids is 3. The van der Waals surface area contributed by atoms with Crippen molar-refractivity contribution >= 4 is 142 Å². The highest BCUT2D eigenvalue weighted by atomic mass is 32.2. The minimum Gasteiger partial charge on any atom is -0.481 e. The SMILES string of the molecule is CC[C@H](C)[C@H](NC(=O)[C@H](C)NC(=O)[C@H](CCC(=O)O)NC(=O)[C@H](CCCCN)NC(=O)[C@H](CCC(=O)O)NC(=O)CNC(=O)[C@H](CO)NC(=O)CNC(=O)[C@@H](N)CCSC)C(=O)N[C@@H](CC(N)=O)C(=O)N[C@@H](CC(N)=O)C(=O)N[C@@H](Cc1cnc[nH]1)C(=O)N[C@@H](CO)C(=O)N[C@@H](CO)C(=O)N[C@@H](CC(C)C)C(=O)N1CCC[C@H]1C(=O)N[C@@H](Cc1cnc[nH]1)C(=O)N[C@@H](CC(C)C)C(=O)O. The number of rotatable bonds is 64. The van der Waals surface area contributed by atoms with Crippen molar-refractivity contribution in [3.05, 3.63) is 36.4 Å². The van der Waals surface area contributed by atoms with Crippen LogP contribution in [0.15, 0.2) is 25.0 Å². The molecule has 3 rings (SSSR count). The maximum atomic E-state index is 14.5. The number of hydrogen-bond donors (Lipinski definition) is 28. The van der Waals surface area contributed by atoms with E-state index in [1.807, 2.05) is 0 Å². The van der Waals surface area contributed by atoms with Gasteiger partial charge >= 0.3 is 17.9 Å². The summed E-state index contributed by atoms with van der Waals surface area (Å²) >= 11 is 1.43. The average molecular weight is 1920 g/mol. The van der Waals surface area contributed by atoms with Crippen LogP contribution in [0.25, 0.3) is 0 Å². The summed E-state index contributed by atoms with van der Waals surface area (Å²) in [7, 11) is 0. The summed E-state index contributed by atoms with van der Waals surface area (Å²) in [5, 5.41) is 97.0. The minimum absolute atomic E-state index is 0.0113. The summed E-state index contributed by atoms with van der Waals surface area (Å²) in [6.45, 7) is 6.08. The molecule has 0 spiro atoms. The van der Waals surface area contributed by atoms with Crippen molar-refractivity contribution in [1.82, 2.24) is 110 Å². The fourth-order valence-electron chi connectivity index (χ4n) is 13.3. The van der Waals surface area contributed by atoms with Crippen LogP contribution < -0.4 is 108 Å². The summed E-state index contributed by atoms with van der Waals surface area (Å²) < 4.78 is 0. The number of H-pyrrole nitrogens is 2. The zero-order chi connectivity index (χ0) is 101. The number of aromatic nitrogens is 4. The lowest BCUT2D eigenvalue weighted by molar-refractivity contribution is -0.144. The maximum absolute atomic E-state index is 14.5. The Morgan fingerprint density at radius 3 is 1.31 bits per heavy atom. The molecule has 1 fully saturated rings. The molecule has 3 heterocycles. The van der Waals surface area contributed by atoms with Crippen molar-refractivity contribution in [1.29, 1.82) is 0 Å². The molecule has 2 aromatic heterocycles. The Kier molecular flexibility index (Phi) is 51.0. The summed E-state index contributed by atoms with van der Waals surface area (Å²) in [5.41, 5.74) is 23.1. The van der Waals surface area contributed by atoms with E-state index >= 15 is 0 Å². The van der Waals surface area contributed by atoms with Crippen molar-refractivity contribution in [2.75, 3.05) is 58.0 Å². The first-order valence-electron chi connectivity index (χ1n) is 43.3. The molecule has 32 N–H and O–H groups in total. The number of thioether (sulfide) groups is 1. The smallest absolute Gasteiger partial charge is 0.326 e. The van der Waals surface area contributed by atoms with Gasteiger partial charge in [0.15, 0.2) is 0 Å². The molecule has 1 saturated heterocycles. The summed E-state index contributed by atoms with van der Waals surface area (Å²) in [6, 6.07) is -26.6. The Morgan fingerprint density at radius 1 is 0.463 bits per heavy atom. The number of likely N-dealkylation sites (tertiary alicyclic amines) is 1. The largest absolute Gasteiger partial charge is 0.481 e. The number of imidazole rings is 2. The second-order valence-electron chi connectivity index (χ2n) is 32.7. The van der Waals surface area contributed by atoms with Gasteiger partial charge in [0.2, 0.25) is 112 Å². The number of carbonyl (C=O) groups excluding carboxylic acids is 19.